The monoisotopic (exact) mass is 351 g/mol. The predicted octanol–water partition coefficient (Wildman–Crippen LogP) is 4.21. The molecule has 0 aliphatic carbocycles. The number of anilines is 1. The second-order valence-corrected chi connectivity index (χ2v) is 5.70. The average Bonchev–Trinajstić information content (AvgIpc) is 2.35. The molecule has 6 heteroatoms. The SMILES string of the molecule is CC1CN(c2ccc(CBr)c(C(F)(F)F)c2)CC(C)O1. The van der Waals surface area contributed by atoms with E-state index in [1.165, 1.54) is 12.1 Å². The zero-order valence-corrected chi connectivity index (χ0v) is 13.0. The summed E-state index contributed by atoms with van der Waals surface area (Å²) in [6.45, 7) is 5.07. The molecule has 0 spiro atoms. The summed E-state index contributed by atoms with van der Waals surface area (Å²) in [5.41, 5.74) is 0.290. The first-order chi connectivity index (χ1) is 9.31. The van der Waals surface area contributed by atoms with Crippen LogP contribution in [0.25, 0.3) is 0 Å². The highest BCUT2D eigenvalue weighted by Crippen LogP contribution is 2.36. The van der Waals surface area contributed by atoms with Crippen molar-refractivity contribution in [2.24, 2.45) is 0 Å². The summed E-state index contributed by atoms with van der Waals surface area (Å²) in [5.74, 6) is 0. The lowest BCUT2D eigenvalue weighted by Crippen LogP contribution is -2.45. The standard InChI is InChI=1S/C14H17BrF3NO/c1-9-7-19(8-10(2)20-9)12-4-3-11(6-15)13(5-12)14(16,17)18/h3-5,9-10H,6-8H2,1-2H3. The van der Waals surface area contributed by atoms with Crippen molar-refractivity contribution in [1.82, 2.24) is 0 Å². The van der Waals surface area contributed by atoms with Crippen LogP contribution in [-0.4, -0.2) is 25.3 Å². The maximum Gasteiger partial charge on any atom is 0.416 e. The molecule has 2 nitrogen and oxygen atoms in total. The smallest absolute Gasteiger partial charge is 0.372 e. The molecule has 1 aromatic rings. The number of alkyl halides is 4. The first-order valence-corrected chi connectivity index (χ1v) is 7.60. The van der Waals surface area contributed by atoms with Gasteiger partial charge in [-0.25, -0.2) is 0 Å². The van der Waals surface area contributed by atoms with Crippen LogP contribution in [0.2, 0.25) is 0 Å². The zero-order valence-electron chi connectivity index (χ0n) is 11.4. The van der Waals surface area contributed by atoms with E-state index in [1.807, 2.05) is 18.7 Å². The lowest BCUT2D eigenvalue weighted by Gasteiger charge is -2.37. The maximum absolute atomic E-state index is 13.1. The zero-order chi connectivity index (χ0) is 14.9. The van der Waals surface area contributed by atoms with Crippen LogP contribution < -0.4 is 4.90 Å². The average molecular weight is 352 g/mol. The summed E-state index contributed by atoms with van der Waals surface area (Å²) in [6, 6.07) is 4.52. The third-order valence-electron chi connectivity index (χ3n) is 3.33. The minimum atomic E-state index is -4.33. The molecule has 1 fully saturated rings. The second-order valence-electron chi connectivity index (χ2n) is 5.14. The van der Waals surface area contributed by atoms with Gasteiger partial charge in [0.2, 0.25) is 0 Å². The van der Waals surface area contributed by atoms with Gasteiger partial charge in [0.1, 0.15) is 0 Å². The van der Waals surface area contributed by atoms with Gasteiger partial charge in [-0.05, 0) is 31.5 Å². The maximum atomic E-state index is 13.1. The van der Waals surface area contributed by atoms with E-state index >= 15 is 0 Å². The fourth-order valence-electron chi connectivity index (χ4n) is 2.53. The summed E-state index contributed by atoms with van der Waals surface area (Å²) in [6.07, 6.45) is -4.30. The van der Waals surface area contributed by atoms with E-state index < -0.39 is 11.7 Å². The van der Waals surface area contributed by atoms with Crippen molar-refractivity contribution in [2.45, 2.75) is 37.6 Å². The lowest BCUT2D eigenvalue weighted by atomic mass is 10.1. The van der Waals surface area contributed by atoms with E-state index in [-0.39, 0.29) is 23.1 Å². The van der Waals surface area contributed by atoms with Gasteiger partial charge in [-0.2, -0.15) is 13.2 Å². The number of hydrogen-bond acceptors (Lipinski definition) is 2. The van der Waals surface area contributed by atoms with E-state index in [0.717, 1.165) is 0 Å². The Hall–Kier alpha value is -0.750. The van der Waals surface area contributed by atoms with Gasteiger partial charge in [-0.3, -0.25) is 0 Å². The van der Waals surface area contributed by atoms with Crippen LogP contribution in [0.4, 0.5) is 18.9 Å². The summed E-state index contributed by atoms with van der Waals surface area (Å²) >= 11 is 3.11. The number of ether oxygens (including phenoxy) is 1. The quantitative estimate of drug-likeness (QED) is 0.740. The molecule has 1 aliphatic rings. The minimum Gasteiger partial charge on any atom is -0.372 e. The van der Waals surface area contributed by atoms with Crippen molar-refractivity contribution in [2.75, 3.05) is 18.0 Å². The number of benzene rings is 1. The summed E-state index contributed by atoms with van der Waals surface area (Å²) < 4.78 is 44.8. The molecule has 2 atom stereocenters. The highest BCUT2D eigenvalue weighted by Gasteiger charge is 2.34. The predicted molar refractivity (Wildman–Crippen MR) is 76.3 cm³/mol. The molecule has 2 rings (SSSR count). The van der Waals surface area contributed by atoms with Gasteiger partial charge in [0.25, 0.3) is 0 Å². The van der Waals surface area contributed by atoms with Crippen molar-refractivity contribution >= 4 is 21.6 Å². The van der Waals surface area contributed by atoms with Gasteiger partial charge in [0.15, 0.2) is 0 Å². The van der Waals surface area contributed by atoms with Gasteiger partial charge in [-0.1, -0.05) is 22.0 Å². The van der Waals surface area contributed by atoms with Gasteiger partial charge in [0, 0.05) is 24.1 Å². The normalized spacial score (nSPS) is 24.0. The minimum absolute atomic E-state index is 0.0175. The fourth-order valence-corrected chi connectivity index (χ4v) is 3.02. The van der Waals surface area contributed by atoms with Crippen LogP contribution in [-0.2, 0) is 16.2 Å². The Morgan fingerprint density at radius 1 is 1.25 bits per heavy atom. The third-order valence-corrected chi connectivity index (χ3v) is 3.93. The van der Waals surface area contributed by atoms with Gasteiger partial charge in [0.05, 0.1) is 17.8 Å². The number of nitrogens with zero attached hydrogens (tertiary/aromatic N) is 1. The molecule has 2 unspecified atom stereocenters. The fraction of sp³-hybridized carbons (Fsp3) is 0.571. The molecule has 20 heavy (non-hydrogen) atoms. The van der Waals surface area contributed by atoms with Crippen molar-refractivity contribution in [3.63, 3.8) is 0 Å². The Kier molecular flexibility index (Phi) is 4.64. The molecular formula is C14H17BrF3NO. The van der Waals surface area contributed by atoms with Gasteiger partial charge < -0.3 is 9.64 Å². The van der Waals surface area contributed by atoms with Crippen molar-refractivity contribution in [3.8, 4) is 0 Å². The topological polar surface area (TPSA) is 12.5 Å². The molecule has 1 aromatic carbocycles. The highest BCUT2D eigenvalue weighted by molar-refractivity contribution is 9.08. The summed E-state index contributed by atoms with van der Waals surface area (Å²) in [4.78, 5) is 1.95. The van der Waals surface area contributed by atoms with Crippen LogP contribution in [0.1, 0.15) is 25.0 Å². The Morgan fingerprint density at radius 2 is 1.85 bits per heavy atom. The molecule has 1 aliphatic heterocycles. The van der Waals surface area contributed by atoms with Crippen molar-refractivity contribution in [1.29, 1.82) is 0 Å². The van der Waals surface area contributed by atoms with Gasteiger partial charge in [-0.15, -0.1) is 0 Å². The van der Waals surface area contributed by atoms with Crippen LogP contribution in [0.15, 0.2) is 18.2 Å². The van der Waals surface area contributed by atoms with Crippen molar-refractivity contribution < 1.29 is 17.9 Å². The molecular weight excluding hydrogens is 335 g/mol. The molecule has 0 amide bonds. The van der Waals surface area contributed by atoms with Crippen LogP contribution in [0.5, 0.6) is 0 Å². The van der Waals surface area contributed by atoms with Crippen LogP contribution in [0.3, 0.4) is 0 Å². The third kappa shape index (κ3) is 3.47. The van der Waals surface area contributed by atoms with E-state index in [2.05, 4.69) is 15.9 Å². The Bertz CT molecular complexity index is 468. The molecule has 0 bridgehead atoms. The molecule has 1 saturated heterocycles. The van der Waals surface area contributed by atoms with E-state index in [4.69, 9.17) is 4.74 Å². The molecule has 0 saturated carbocycles. The Labute approximate surface area is 125 Å². The molecule has 0 radical (unpaired) electrons. The first-order valence-electron chi connectivity index (χ1n) is 6.47. The van der Waals surface area contributed by atoms with E-state index in [0.29, 0.717) is 18.8 Å². The molecule has 1 heterocycles. The molecule has 0 aromatic heterocycles. The summed E-state index contributed by atoms with van der Waals surface area (Å²) in [5, 5.41) is 0.192. The second kappa shape index (κ2) is 5.93. The number of hydrogen-bond donors (Lipinski definition) is 0. The summed E-state index contributed by atoms with van der Waals surface area (Å²) in [7, 11) is 0. The van der Waals surface area contributed by atoms with Crippen LogP contribution in [0, 0.1) is 0 Å². The molecule has 0 N–H and O–H groups in total. The number of morpholine rings is 1. The van der Waals surface area contributed by atoms with Gasteiger partial charge >= 0.3 is 6.18 Å². The highest BCUT2D eigenvalue weighted by atomic mass is 79.9. The van der Waals surface area contributed by atoms with Crippen molar-refractivity contribution in [3.05, 3.63) is 29.3 Å². The first kappa shape index (κ1) is 15.6. The van der Waals surface area contributed by atoms with E-state index in [9.17, 15) is 13.2 Å². The van der Waals surface area contributed by atoms with Crippen LogP contribution >= 0.6 is 15.9 Å². The lowest BCUT2D eigenvalue weighted by molar-refractivity contribution is -0.138. The Morgan fingerprint density at radius 3 is 2.35 bits per heavy atom. The van der Waals surface area contributed by atoms with E-state index in [1.54, 1.807) is 6.07 Å². The number of halogens is 4. The molecule has 112 valence electrons. The Balaban J connectivity index is 2.33. The number of rotatable bonds is 2. The largest absolute Gasteiger partial charge is 0.416 e.